The minimum Gasteiger partial charge on any atom is -0.336 e. The van der Waals surface area contributed by atoms with Crippen molar-refractivity contribution in [1.29, 1.82) is 0 Å². The van der Waals surface area contributed by atoms with Gasteiger partial charge in [0.1, 0.15) is 22.7 Å². The van der Waals surface area contributed by atoms with Gasteiger partial charge in [-0.3, -0.25) is 14.0 Å². The molecular formula is C20H26N4O2S. The Balaban J connectivity index is 1.76. The number of hydrogen-bond donors (Lipinski definition) is 0. The van der Waals surface area contributed by atoms with Crippen LogP contribution in [0, 0.1) is 0 Å². The van der Waals surface area contributed by atoms with E-state index in [9.17, 15) is 9.59 Å². The van der Waals surface area contributed by atoms with Gasteiger partial charge in [0.05, 0.1) is 0 Å². The van der Waals surface area contributed by atoms with Crippen molar-refractivity contribution in [2.45, 2.75) is 71.5 Å². The molecule has 0 unspecified atom stereocenters. The molecule has 3 aromatic heterocycles. The topological polar surface area (TPSA) is 59.6 Å². The number of aromatic nitrogens is 3. The number of nitrogens with zero attached hydrogens (tertiary/aromatic N) is 4. The van der Waals surface area contributed by atoms with E-state index >= 15 is 0 Å². The first kappa shape index (κ1) is 18.2. The number of rotatable bonds is 4. The number of piperidine rings is 1. The van der Waals surface area contributed by atoms with Crippen LogP contribution in [-0.2, 0) is 17.8 Å². The molecule has 1 saturated heterocycles. The first-order valence-electron chi connectivity index (χ1n) is 9.81. The lowest BCUT2D eigenvalue weighted by Crippen LogP contribution is -2.49. The van der Waals surface area contributed by atoms with Crippen molar-refractivity contribution in [3.05, 3.63) is 33.7 Å². The Kier molecular flexibility index (Phi) is 4.80. The molecule has 2 atom stereocenters. The molecule has 0 saturated carbocycles. The fourth-order valence-corrected chi connectivity index (χ4v) is 5.23. The summed E-state index contributed by atoms with van der Waals surface area (Å²) in [6.45, 7) is 6.30. The fourth-order valence-electron chi connectivity index (χ4n) is 4.31. The van der Waals surface area contributed by atoms with Gasteiger partial charge in [-0.05, 0) is 57.0 Å². The molecule has 27 heavy (non-hydrogen) atoms. The minimum absolute atomic E-state index is 0.00975. The normalized spacial score (nSPS) is 20.6. The molecule has 4 heterocycles. The van der Waals surface area contributed by atoms with Crippen molar-refractivity contribution in [2.75, 3.05) is 0 Å². The zero-order chi connectivity index (χ0) is 19.1. The van der Waals surface area contributed by atoms with E-state index in [1.165, 1.54) is 4.68 Å². The Morgan fingerprint density at radius 3 is 2.74 bits per heavy atom. The van der Waals surface area contributed by atoms with Gasteiger partial charge < -0.3 is 4.90 Å². The third kappa shape index (κ3) is 3.08. The van der Waals surface area contributed by atoms with E-state index in [-0.39, 0.29) is 30.1 Å². The maximum absolute atomic E-state index is 13.0. The molecule has 7 heteroatoms. The molecule has 6 nitrogen and oxygen atoms in total. The van der Waals surface area contributed by atoms with Crippen LogP contribution in [0.1, 0.15) is 52.3 Å². The molecule has 0 N–H and O–H groups in total. The molecule has 1 aliphatic rings. The van der Waals surface area contributed by atoms with Gasteiger partial charge >= 0.3 is 0 Å². The van der Waals surface area contributed by atoms with E-state index < -0.39 is 0 Å². The standard InChI is InChI=1S/C20H26N4O2S/c1-4-6-17-21-22(12-18(25)23-13(2)7-5-8-14(23)3)19(26)16-11-15-9-10-27-20(15)24(16)17/h9-11,13-14H,4-8,12H2,1-3H3/t13-,14+. The number of carbonyl (C=O) groups is 1. The van der Waals surface area contributed by atoms with Crippen molar-refractivity contribution in [3.63, 3.8) is 0 Å². The number of amides is 1. The predicted octanol–water partition coefficient (Wildman–Crippen LogP) is 3.45. The second-order valence-electron chi connectivity index (χ2n) is 7.61. The highest BCUT2D eigenvalue weighted by Gasteiger charge is 2.29. The Bertz CT molecular complexity index is 1040. The molecule has 144 valence electrons. The third-order valence-electron chi connectivity index (χ3n) is 5.60. The van der Waals surface area contributed by atoms with E-state index in [1.54, 1.807) is 11.3 Å². The molecule has 0 aromatic carbocycles. The SMILES string of the molecule is CCCc1nn(CC(=O)N2[C@H](C)CCC[C@@H]2C)c(=O)c2cc3ccsc3n12. The summed E-state index contributed by atoms with van der Waals surface area (Å²) in [5.41, 5.74) is 0.423. The van der Waals surface area contributed by atoms with Crippen LogP contribution >= 0.6 is 11.3 Å². The van der Waals surface area contributed by atoms with E-state index in [2.05, 4.69) is 25.9 Å². The summed E-state index contributed by atoms with van der Waals surface area (Å²) in [7, 11) is 0. The summed E-state index contributed by atoms with van der Waals surface area (Å²) in [5.74, 6) is 0.835. The first-order valence-corrected chi connectivity index (χ1v) is 10.7. The number of fused-ring (bicyclic) bond motifs is 3. The van der Waals surface area contributed by atoms with Crippen molar-refractivity contribution in [2.24, 2.45) is 0 Å². The molecule has 1 amide bonds. The van der Waals surface area contributed by atoms with Gasteiger partial charge in [-0.15, -0.1) is 11.3 Å². The lowest BCUT2D eigenvalue weighted by molar-refractivity contribution is -0.138. The smallest absolute Gasteiger partial charge is 0.291 e. The minimum atomic E-state index is -0.191. The van der Waals surface area contributed by atoms with Crippen LogP contribution in [0.2, 0.25) is 0 Å². The molecule has 3 aromatic rings. The first-order chi connectivity index (χ1) is 13.0. The largest absolute Gasteiger partial charge is 0.336 e. The molecule has 0 bridgehead atoms. The van der Waals surface area contributed by atoms with Crippen LogP contribution in [0.5, 0.6) is 0 Å². The molecule has 1 fully saturated rings. The maximum Gasteiger partial charge on any atom is 0.291 e. The number of hydrogen-bond acceptors (Lipinski definition) is 4. The van der Waals surface area contributed by atoms with Crippen LogP contribution in [0.25, 0.3) is 15.7 Å². The molecule has 0 radical (unpaired) electrons. The summed E-state index contributed by atoms with van der Waals surface area (Å²) in [6.07, 6.45) is 4.89. The van der Waals surface area contributed by atoms with E-state index in [0.717, 1.165) is 48.1 Å². The number of likely N-dealkylation sites (tertiary alicyclic amines) is 1. The monoisotopic (exact) mass is 386 g/mol. The molecule has 4 rings (SSSR count). The number of thiophene rings is 1. The van der Waals surface area contributed by atoms with Gasteiger partial charge in [0.15, 0.2) is 0 Å². The summed E-state index contributed by atoms with van der Waals surface area (Å²) >= 11 is 1.61. The predicted molar refractivity (Wildman–Crippen MR) is 108 cm³/mol. The number of aryl methyl sites for hydroxylation is 1. The summed E-state index contributed by atoms with van der Waals surface area (Å²) in [6, 6.07) is 4.38. The van der Waals surface area contributed by atoms with E-state index in [4.69, 9.17) is 0 Å². The highest BCUT2D eigenvalue weighted by Crippen LogP contribution is 2.25. The lowest BCUT2D eigenvalue weighted by atomic mass is 9.97. The summed E-state index contributed by atoms with van der Waals surface area (Å²) in [5, 5.41) is 7.69. The van der Waals surface area contributed by atoms with Crippen LogP contribution < -0.4 is 5.56 Å². The fraction of sp³-hybridized carbons (Fsp3) is 0.550. The van der Waals surface area contributed by atoms with Gasteiger partial charge in [-0.2, -0.15) is 5.10 Å². The zero-order valence-corrected chi connectivity index (χ0v) is 17.0. The summed E-state index contributed by atoms with van der Waals surface area (Å²) in [4.78, 5) is 29.0. The second-order valence-corrected chi connectivity index (χ2v) is 8.50. The molecular weight excluding hydrogens is 360 g/mol. The average Bonchev–Trinajstić information content (AvgIpc) is 3.20. The Morgan fingerprint density at radius 2 is 2.04 bits per heavy atom. The maximum atomic E-state index is 13.0. The van der Waals surface area contributed by atoms with Gasteiger partial charge in [0, 0.05) is 23.9 Å². The molecule has 0 aliphatic carbocycles. The van der Waals surface area contributed by atoms with Crippen LogP contribution in [0.15, 0.2) is 22.3 Å². The van der Waals surface area contributed by atoms with Gasteiger partial charge in [0.25, 0.3) is 5.56 Å². The Labute approximate surface area is 162 Å². The number of carbonyl (C=O) groups excluding carboxylic acids is 1. The van der Waals surface area contributed by atoms with Crippen LogP contribution in [-0.4, -0.2) is 37.1 Å². The Hall–Kier alpha value is -2.15. The third-order valence-corrected chi connectivity index (χ3v) is 6.51. The van der Waals surface area contributed by atoms with Crippen molar-refractivity contribution < 1.29 is 4.79 Å². The van der Waals surface area contributed by atoms with Crippen molar-refractivity contribution in [3.8, 4) is 0 Å². The Morgan fingerprint density at radius 1 is 1.30 bits per heavy atom. The van der Waals surface area contributed by atoms with Crippen LogP contribution in [0.3, 0.4) is 0 Å². The van der Waals surface area contributed by atoms with Gasteiger partial charge in [-0.1, -0.05) is 6.92 Å². The van der Waals surface area contributed by atoms with Crippen molar-refractivity contribution >= 4 is 33.0 Å². The molecule has 1 aliphatic heterocycles. The zero-order valence-electron chi connectivity index (χ0n) is 16.1. The van der Waals surface area contributed by atoms with Crippen LogP contribution in [0.4, 0.5) is 0 Å². The second kappa shape index (κ2) is 7.11. The highest BCUT2D eigenvalue weighted by molar-refractivity contribution is 7.16. The van der Waals surface area contributed by atoms with E-state index in [1.807, 2.05) is 26.8 Å². The van der Waals surface area contributed by atoms with E-state index in [0.29, 0.717) is 5.52 Å². The quantitative estimate of drug-likeness (QED) is 0.690. The van der Waals surface area contributed by atoms with Gasteiger partial charge in [0.2, 0.25) is 5.91 Å². The summed E-state index contributed by atoms with van der Waals surface area (Å²) < 4.78 is 3.35. The molecule has 0 spiro atoms. The lowest BCUT2D eigenvalue weighted by Gasteiger charge is -2.39. The highest BCUT2D eigenvalue weighted by atomic mass is 32.1. The average molecular weight is 387 g/mol. The van der Waals surface area contributed by atoms with Gasteiger partial charge in [-0.25, -0.2) is 4.68 Å². The van der Waals surface area contributed by atoms with Crippen molar-refractivity contribution in [1.82, 2.24) is 19.1 Å².